The van der Waals surface area contributed by atoms with Gasteiger partial charge >= 0.3 is 0 Å². The molecule has 134 valence electrons. The molecule has 1 amide bonds. The minimum atomic E-state index is -0.213. The molecule has 1 aliphatic rings. The zero-order valence-electron chi connectivity index (χ0n) is 14.2. The number of benzene rings is 2. The smallest absolute Gasteiger partial charge is 0.270 e. The van der Waals surface area contributed by atoms with E-state index in [2.05, 4.69) is 25.8 Å². The van der Waals surface area contributed by atoms with Crippen molar-refractivity contribution in [1.29, 1.82) is 0 Å². The molecule has 1 saturated heterocycles. The van der Waals surface area contributed by atoms with Gasteiger partial charge in [-0.3, -0.25) is 9.69 Å². The molecular weight excluding hydrogens is 397 g/mol. The number of aromatic amines is 1. The Labute approximate surface area is 159 Å². The molecule has 0 unspecified atom stereocenters. The van der Waals surface area contributed by atoms with Crippen LogP contribution >= 0.6 is 15.9 Å². The summed E-state index contributed by atoms with van der Waals surface area (Å²) in [4.78, 5) is 20.2. The number of nitrogens with zero attached hydrogens (tertiary/aromatic N) is 2. The second kappa shape index (κ2) is 7.21. The van der Waals surface area contributed by atoms with Gasteiger partial charge in [0.05, 0.1) is 0 Å². The minimum absolute atomic E-state index is 0.0405. The van der Waals surface area contributed by atoms with E-state index in [4.69, 9.17) is 0 Å². The van der Waals surface area contributed by atoms with Crippen molar-refractivity contribution in [1.82, 2.24) is 14.8 Å². The molecule has 26 heavy (non-hydrogen) atoms. The molecule has 1 N–H and O–H groups in total. The van der Waals surface area contributed by atoms with Gasteiger partial charge in [-0.1, -0.05) is 34.1 Å². The van der Waals surface area contributed by atoms with Crippen LogP contribution in [0.1, 0.15) is 16.1 Å². The van der Waals surface area contributed by atoms with Crippen molar-refractivity contribution in [2.75, 3.05) is 26.2 Å². The van der Waals surface area contributed by atoms with Crippen molar-refractivity contribution < 1.29 is 9.18 Å². The summed E-state index contributed by atoms with van der Waals surface area (Å²) < 4.78 is 14.0. The van der Waals surface area contributed by atoms with E-state index in [0.29, 0.717) is 18.8 Å². The maximum atomic E-state index is 13.0. The highest BCUT2D eigenvalue weighted by Gasteiger charge is 2.23. The number of amides is 1. The highest BCUT2D eigenvalue weighted by Crippen LogP contribution is 2.21. The van der Waals surface area contributed by atoms with E-state index in [-0.39, 0.29) is 11.7 Å². The number of aromatic nitrogens is 1. The van der Waals surface area contributed by atoms with Gasteiger partial charge in [-0.15, -0.1) is 0 Å². The number of carbonyl (C=O) groups excluding carboxylic acids is 1. The predicted molar refractivity (Wildman–Crippen MR) is 104 cm³/mol. The molecule has 0 bridgehead atoms. The van der Waals surface area contributed by atoms with Crippen molar-refractivity contribution in [3.63, 3.8) is 0 Å². The minimum Gasteiger partial charge on any atom is -0.350 e. The molecule has 0 spiro atoms. The highest BCUT2D eigenvalue weighted by atomic mass is 79.9. The summed E-state index contributed by atoms with van der Waals surface area (Å²) in [5, 5.41) is 1.03. The molecule has 0 radical (unpaired) electrons. The lowest BCUT2D eigenvalue weighted by atomic mass is 10.2. The molecule has 3 aromatic rings. The Bertz CT molecular complexity index is 930. The monoisotopic (exact) mass is 415 g/mol. The average molecular weight is 416 g/mol. The van der Waals surface area contributed by atoms with Gasteiger partial charge in [-0.05, 0) is 35.9 Å². The Hall–Kier alpha value is -2.18. The number of halogens is 2. The van der Waals surface area contributed by atoms with E-state index in [9.17, 15) is 9.18 Å². The molecule has 6 heteroatoms. The molecule has 1 aliphatic heterocycles. The summed E-state index contributed by atoms with van der Waals surface area (Å²) in [6.07, 6.45) is 0. The van der Waals surface area contributed by atoms with Crippen molar-refractivity contribution >= 4 is 32.7 Å². The third kappa shape index (κ3) is 3.66. The Morgan fingerprint density at radius 3 is 2.50 bits per heavy atom. The van der Waals surface area contributed by atoms with E-state index in [1.54, 1.807) is 0 Å². The Morgan fingerprint density at radius 1 is 1.04 bits per heavy atom. The SMILES string of the molecule is O=C(c1cc2ccc(Br)cc2[nH]1)N1CCN(Cc2ccc(F)cc2)CC1. The standard InChI is InChI=1S/C20H19BrFN3O/c21-16-4-3-15-11-19(23-18(15)12-16)20(26)25-9-7-24(8-10-25)13-14-1-5-17(22)6-2-14/h1-6,11-12,23H,7-10,13H2. The third-order valence-electron chi connectivity index (χ3n) is 4.79. The molecule has 2 heterocycles. The number of H-pyrrole nitrogens is 1. The van der Waals surface area contributed by atoms with Gasteiger partial charge in [0.25, 0.3) is 5.91 Å². The number of hydrogen-bond acceptors (Lipinski definition) is 2. The lowest BCUT2D eigenvalue weighted by molar-refractivity contribution is 0.0623. The normalized spacial score (nSPS) is 15.5. The summed E-state index contributed by atoms with van der Waals surface area (Å²) in [5.41, 5.74) is 2.68. The van der Waals surface area contributed by atoms with Gasteiger partial charge in [-0.2, -0.15) is 0 Å². The number of carbonyl (C=O) groups is 1. The molecule has 0 saturated carbocycles. The lowest BCUT2D eigenvalue weighted by Gasteiger charge is -2.34. The average Bonchev–Trinajstić information content (AvgIpc) is 3.07. The van der Waals surface area contributed by atoms with E-state index in [1.165, 1.54) is 12.1 Å². The van der Waals surface area contributed by atoms with Crippen molar-refractivity contribution in [3.05, 3.63) is 70.1 Å². The maximum Gasteiger partial charge on any atom is 0.270 e. The van der Waals surface area contributed by atoms with E-state index in [0.717, 1.165) is 40.6 Å². The number of piperazine rings is 1. The van der Waals surface area contributed by atoms with Crippen LogP contribution in [0.3, 0.4) is 0 Å². The molecule has 1 fully saturated rings. The highest BCUT2D eigenvalue weighted by molar-refractivity contribution is 9.10. The van der Waals surface area contributed by atoms with E-state index in [1.807, 2.05) is 41.3 Å². The van der Waals surface area contributed by atoms with Crippen LogP contribution in [0.4, 0.5) is 4.39 Å². The zero-order chi connectivity index (χ0) is 18.1. The summed E-state index contributed by atoms with van der Waals surface area (Å²) in [6, 6.07) is 14.5. The number of rotatable bonds is 3. The Balaban J connectivity index is 1.38. The number of nitrogens with one attached hydrogen (secondary N) is 1. The molecule has 1 aromatic heterocycles. The first-order valence-corrected chi connectivity index (χ1v) is 9.42. The van der Waals surface area contributed by atoms with Gasteiger partial charge in [0.1, 0.15) is 11.5 Å². The predicted octanol–water partition coefficient (Wildman–Crippen LogP) is 4.03. The van der Waals surface area contributed by atoms with Crippen LogP contribution in [0.15, 0.2) is 53.0 Å². The van der Waals surface area contributed by atoms with Gasteiger partial charge < -0.3 is 9.88 Å². The number of fused-ring (bicyclic) bond motifs is 1. The third-order valence-corrected chi connectivity index (χ3v) is 5.29. The Morgan fingerprint density at radius 2 is 1.77 bits per heavy atom. The zero-order valence-corrected chi connectivity index (χ0v) is 15.8. The quantitative estimate of drug-likeness (QED) is 0.701. The second-order valence-corrected chi connectivity index (χ2v) is 7.53. The van der Waals surface area contributed by atoms with Crippen LogP contribution in [0, 0.1) is 5.82 Å². The van der Waals surface area contributed by atoms with Gasteiger partial charge in [0, 0.05) is 48.1 Å². The fourth-order valence-electron chi connectivity index (χ4n) is 3.34. The summed E-state index contributed by atoms with van der Waals surface area (Å²) in [7, 11) is 0. The largest absolute Gasteiger partial charge is 0.350 e. The van der Waals surface area contributed by atoms with Crippen LogP contribution in [0.2, 0.25) is 0 Å². The topological polar surface area (TPSA) is 39.3 Å². The fourth-order valence-corrected chi connectivity index (χ4v) is 3.70. The van der Waals surface area contributed by atoms with Crippen LogP contribution < -0.4 is 0 Å². The first-order chi connectivity index (χ1) is 12.6. The van der Waals surface area contributed by atoms with E-state index < -0.39 is 0 Å². The number of hydrogen-bond donors (Lipinski definition) is 1. The second-order valence-electron chi connectivity index (χ2n) is 6.61. The molecule has 2 aromatic carbocycles. The van der Waals surface area contributed by atoms with Crippen LogP contribution in [0.5, 0.6) is 0 Å². The Kier molecular flexibility index (Phi) is 4.78. The molecule has 0 aliphatic carbocycles. The van der Waals surface area contributed by atoms with E-state index >= 15 is 0 Å². The molecule has 0 atom stereocenters. The van der Waals surface area contributed by atoms with Gasteiger partial charge in [0.2, 0.25) is 0 Å². The van der Waals surface area contributed by atoms with Crippen LogP contribution in [-0.2, 0) is 6.54 Å². The van der Waals surface area contributed by atoms with Crippen molar-refractivity contribution in [2.45, 2.75) is 6.54 Å². The van der Waals surface area contributed by atoms with Gasteiger partial charge in [0.15, 0.2) is 0 Å². The van der Waals surface area contributed by atoms with Crippen molar-refractivity contribution in [2.24, 2.45) is 0 Å². The van der Waals surface area contributed by atoms with Crippen LogP contribution in [-0.4, -0.2) is 46.9 Å². The van der Waals surface area contributed by atoms with Gasteiger partial charge in [-0.25, -0.2) is 4.39 Å². The first kappa shape index (κ1) is 17.2. The van der Waals surface area contributed by atoms with Crippen molar-refractivity contribution in [3.8, 4) is 0 Å². The molecular formula is C20H19BrFN3O. The maximum absolute atomic E-state index is 13.0. The lowest BCUT2D eigenvalue weighted by Crippen LogP contribution is -2.48. The summed E-state index contributed by atoms with van der Waals surface area (Å²) >= 11 is 3.45. The molecule has 4 nitrogen and oxygen atoms in total. The molecule has 4 rings (SSSR count). The van der Waals surface area contributed by atoms with Crippen LogP contribution in [0.25, 0.3) is 10.9 Å². The summed E-state index contributed by atoms with van der Waals surface area (Å²) in [6.45, 7) is 3.80. The fraction of sp³-hybridized carbons (Fsp3) is 0.250. The summed E-state index contributed by atoms with van der Waals surface area (Å²) in [5.74, 6) is -0.173. The first-order valence-electron chi connectivity index (χ1n) is 8.63.